The zero-order valence-electron chi connectivity index (χ0n) is 17.5. The van der Waals surface area contributed by atoms with E-state index < -0.39 is 10.8 Å². The normalized spacial score (nSPS) is 27.6. The molecule has 2 saturated heterocycles. The first-order valence-electron chi connectivity index (χ1n) is 10.8. The van der Waals surface area contributed by atoms with Crippen LogP contribution in [0.2, 0.25) is 5.02 Å². The third kappa shape index (κ3) is 3.91. The van der Waals surface area contributed by atoms with Crippen molar-refractivity contribution >= 4 is 34.2 Å². The molecule has 166 valence electrons. The third-order valence-corrected chi connectivity index (χ3v) is 8.13. The Hall–Kier alpha value is -1.84. The lowest BCUT2D eigenvalue weighted by Crippen LogP contribution is -2.49. The Kier molecular flexibility index (Phi) is 5.60. The highest BCUT2D eigenvalue weighted by molar-refractivity contribution is 7.84. The molecule has 0 spiro atoms. The fraction of sp³-hybridized carbons (Fsp3) is 0.619. The number of nitrogens with zero attached hydrogens (tertiary/aromatic N) is 5. The first-order chi connectivity index (χ1) is 15.0. The summed E-state index contributed by atoms with van der Waals surface area (Å²) in [5, 5.41) is 13.8. The van der Waals surface area contributed by atoms with E-state index in [0.29, 0.717) is 39.7 Å². The molecule has 4 heterocycles. The summed E-state index contributed by atoms with van der Waals surface area (Å²) < 4.78 is 12.3. The number of fused-ring (bicyclic) bond motifs is 2. The highest BCUT2D eigenvalue weighted by Crippen LogP contribution is 2.44. The van der Waals surface area contributed by atoms with E-state index in [1.54, 1.807) is 24.8 Å². The predicted molar refractivity (Wildman–Crippen MR) is 120 cm³/mol. The lowest BCUT2D eigenvalue weighted by molar-refractivity contribution is 0.143. The Bertz CT molecular complexity index is 967. The molecule has 0 radical (unpaired) electrons. The monoisotopic (exact) mass is 462 g/mol. The molecular formula is C21H27ClN6O2S. The van der Waals surface area contributed by atoms with Crippen LogP contribution in [0.25, 0.3) is 0 Å². The molecule has 2 aliphatic heterocycles. The Balaban J connectivity index is 1.41. The Morgan fingerprint density at radius 2 is 1.87 bits per heavy atom. The average molecular weight is 463 g/mol. The van der Waals surface area contributed by atoms with Gasteiger partial charge in [-0.15, -0.1) is 0 Å². The van der Waals surface area contributed by atoms with Gasteiger partial charge >= 0.3 is 0 Å². The van der Waals surface area contributed by atoms with Crippen molar-refractivity contribution in [2.24, 2.45) is 0 Å². The summed E-state index contributed by atoms with van der Waals surface area (Å²) in [5.74, 6) is 2.42. The molecule has 2 aromatic heterocycles. The Morgan fingerprint density at radius 1 is 1.19 bits per heavy atom. The van der Waals surface area contributed by atoms with Gasteiger partial charge in [-0.1, -0.05) is 11.6 Å². The van der Waals surface area contributed by atoms with E-state index in [1.807, 2.05) is 0 Å². The van der Waals surface area contributed by atoms with Gasteiger partial charge in [0, 0.05) is 36.7 Å². The van der Waals surface area contributed by atoms with Gasteiger partial charge in [0.1, 0.15) is 11.6 Å². The van der Waals surface area contributed by atoms with E-state index >= 15 is 0 Å². The number of nitrogens with one attached hydrogen (secondary N) is 1. The summed E-state index contributed by atoms with van der Waals surface area (Å²) in [6.07, 6.45) is 13.6. The molecule has 3 fully saturated rings. The molecule has 0 aromatic carbocycles. The van der Waals surface area contributed by atoms with Crippen molar-refractivity contribution in [2.45, 2.75) is 73.4 Å². The minimum atomic E-state index is -1.22. The van der Waals surface area contributed by atoms with Gasteiger partial charge in [0.25, 0.3) is 0 Å². The highest BCUT2D eigenvalue weighted by Gasteiger charge is 2.44. The standard InChI is InChI=1S/C21H27ClN6O2S/c1-31(30)17-11-25-20(26-19(17)27-21(12-29)5-2-6-21)28-15-3-4-16(28)8-13(7-15)18-23-9-14(22)10-24-18/h9-11,13,15-16,29H,2-8,12H2,1H3,(H,25,26,27)/t13?,15?,16?,31-/m0/s1. The number of aliphatic hydroxyl groups is 1. The van der Waals surface area contributed by atoms with Crippen molar-refractivity contribution in [3.8, 4) is 0 Å². The van der Waals surface area contributed by atoms with Gasteiger partial charge in [-0.05, 0) is 44.9 Å². The van der Waals surface area contributed by atoms with Crippen molar-refractivity contribution in [1.82, 2.24) is 19.9 Å². The van der Waals surface area contributed by atoms with Crippen molar-refractivity contribution < 1.29 is 9.32 Å². The SMILES string of the molecule is C[S@](=O)c1cnc(N2C3CCC2CC(c2ncc(Cl)cn2)C3)nc1NC1(CO)CCC1. The molecule has 2 bridgehead atoms. The van der Waals surface area contributed by atoms with Crippen LogP contribution < -0.4 is 10.2 Å². The van der Waals surface area contributed by atoms with Crippen LogP contribution in [0.4, 0.5) is 11.8 Å². The summed E-state index contributed by atoms with van der Waals surface area (Å²) in [6, 6.07) is 0.647. The quantitative estimate of drug-likeness (QED) is 0.675. The predicted octanol–water partition coefficient (Wildman–Crippen LogP) is 2.90. The first kappa shape index (κ1) is 21.0. The van der Waals surface area contributed by atoms with E-state index in [-0.39, 0.29) is 12.1 Å². The zero-order valence-corrected chi connectivity index (χ0v) is 19.1. The van der Waals surface area contributed by atoms with Crippen molar-refractivity contribution in [3.63, 3.8) is 0 Å². The number of anilines is 2. The minimum absolute atomic E-state index is 0.0415. The molecule has 0 amide bonds. The van der Waals surface area contributed by atoms with Crippen LogP contribution in [-0.4, -0.2) is 59.7 Å². The molecule has 3 aliphatic rings. The number of piperidine rings is 1. The average Bonchev–Trinajstić information content (AvgIpc) is 3.00. The van der Waals surface area contributed by atoms with E-state index in [9.17, 15) is 9.32 Å². The van der Waals surface area contributed by atoms with Gasteiger partial charge < -0.3 is 15.3 Å². The lowest BCUT2D eigenvalue weighted by Gasteiger charge is -2.42. The largest absolute Gasteiger partial charge is 0.394 e. The second-order valence-corrected chi connectivity index (χ2v) is 10.8. The van der Waals surface area contributed by atoms with E-state index in [2.05, 4.69) is 25.2 Å². The molecule has 31 heavy (non-hydrogen) atoms. The fourth-order valence-corrected chi connectivity index (χ4v) is 5.88. The topological polar surface area (TPSA) is 104 Å². The van der Waals surface area contributed by atoms with Gasteiger partial charge in [0.2, 0.25) is 5.95 Å². The second-order valence-electron chi connectivity index (χ2n) is 8.97. The van der Waals surface area contributed by atoms with Crippen LogP contribution in [0.15, 0.2) is 23.5 Å². The molecule has 2 unspecified atom stereocenters. The van der Waals surface area contributed by atoms with Gasteiger partial charge in [-0.25, -0.2) is 15.0 Å². The second kappa shape index (κ2) is 8.26. The molecular weight excluding hydrogens is 436 g/mol. The van der Waals surface area contributed by atoms with E-state index in [1.165, 1.54) is 0 Å². The van der Waals surface area contributed by atoms with Crippen molar-refractivity contribution in [1.29, 1.82) is 0 Å². The summed E-state index contributed by atoms with van der Waals surface area (Å²) in [6.45, 7) is 0.0415. The zero-order chi connectivity index (χ0) is 21.6. The van der Waals surface area contributed by atoms with E-state index in [4.69, 9.17) is 16.6 Å². The van der Waals surface area contributed by atoms with Crippen LogP contribution in [-0.2, 0) is 10.8 Å². The van der Waals surface area contributed by atoms with Gasteiger partial charge in [-0.2, -0.15) is 4.98 Å². The summed E-state index contributed by atoms with van der Waals surface area (Å²) in [4.78, 5) is 21.2. The summed E-state index contributed by atoms with van der Waals surface area (Å²) in [7, 11) is -1.22. The van der Waals surface area contributed by atoms with E-state index in [0.717, 1.165) is 50.8 Å². The molecule has 8 nitrogen and oxygen atoms in total. The van der Waals surface area contributed by atoms with Crippen molar-refractivity contribution in [2.75, 3.05) is 23.1 Å². The molecule has 3 atom stereocenters. The maximum absolute atomic E-state index is 12.3. The van der Waals surface area contributed by atoms with Gasteiger partial charge in [0.15, 0.2) is 0 Å². The number of rotatable bonds is 6. The first-order valence-corrected chi connectivity index (χ1v) is 12.8. The lowest BCUT2D eigenvalue weighted by atomic mass is 9.77. The molecule has 2 aromatic rings. The summed E-state index contributed by atoms with van der Waals surface area (Å²) in [5.41, 5.74) is -0.363. The highest BCUT2D eigenvalue weighted by atomic mass is 35.5. The Labute approximate surface area is 189 Å². The molecule has 1 saturated carbocycles. The maximum atomic E-state index is 12.3. The number of hydrogen-bond acceptors (Lipinski definition) is 8. The Morgan fingerprint density at radius 3 is 2.42 bits per heavy atom. The third-order valence-electron chi connectivity index (χ3n) is 7.02. The molecule has 10 heteroatoms. The fourth-order valence-electron chi connectivity index (χ4n) is 5.21. The number of halogens is 1. The number of aromatic nitrogens is 4. The number of hydrogen-bond donors (Lipinski definition) is 2. The molecule has 2 N–H and O–H groups in total. The maximum Gasteiger partial charge on any atom is 0.227 e. The molecule has 5 rings (SSSR count). The minimum Gasteiger partial charge on any atom is -0.394 e. The van der Waals surface area contributed by atoms with Crippen LogP contribution in [0, 0.1) is 0 Å². The van der Waals surface area contributed by atoms with Crippen molar-refractivity contribution in [3.05, 3.63) is 29.4 Å². The van der Waals surface area contributed by atoms with Crippen LogP contribution in [0.5, 0.6) is 0 Å². The van der Waals surface area contributed by atoms with Gasteiger partial charge in [0.05, 0.1) is 39.1 Å². The molecule has 1 aliphatic carbocycles. The summed E-state index contributed by atoms with van der Waals surface area (Å²) >= 11 is 5.95. The van der Waals surface area contributed by atoms with Crippen LogP contribution >= 0.6 is 11.6 Å². The van der Waals surface area contributed by atoms with Crippen LogP contribution in [0.1, 0.15) is 56.7 Å². The van der Waals surface area contributed by atoms with Gasteiger partial charge in [-0.3, -0.25) is 4.21 Å². The van der Waals surface area contributed by atoms with Crippen LogP contribution in [0.3, 0.4) is 0 Å². The number of aliphatic hydroxyl groups excluding tert-OH is 1. The smallest absolute Gasteiger partial charge is 0.227 e.